The minimum atomic E-state index is -1.20. The number of carbonyl (C=O) groups excluding carboxylic acids is 4. The van der Waals surface area contributed by atoms with Crippen molar-refractivity contribution in [3.05, 3.63) is 64.7 Å². The van der Waals surface area contributed by atoms with Gasteiger partial charge in [0.25, 0.3) is 11.8 Å². The lowest BCUT2D eigenvalue weighted by Gasteiger charge is -2.11. The molecule has 1 fully saturated rings. The number of methoxy groups -OCH3 is 1. The molecule has 0 radical (unpaired) electrons. The molecule has 2 aliphatic heterocycles. The van der Waals surface area contributed by atoms with Gasteiger partial charge in [0.2, 0.25) is 5.91 Å². The predicted octanol–water partition coefficient (Wildman–Crippen LogP) is 2.95. The normalized spacial score (nSPS) is 16.5. The monoisotopic (exact) mass is 563 g/mol. The Kier molecular flexibility index (Phi) is 12.8. The first-order chi connectivity index (χ1) is 19.6. The van der Waals surface area contributed by atoms with Crippen molar-refractivity contribution in [2.45, 2.75) is 59.0 Å². The summed E-state index contributed by atoms with van der Waals surface area (Å²) >= 11 is 0. The second-order valence-electron chi connectivity index (χ2n) is 9.40. The minimum Gasteiger partial charge on any atom is -0.497 e. The number of imide groups is 1. The van der Waals surface area contributed by atoms with E-state index in [1.165, 1.54) is 0 Å². The number of aryl methyl sites for hydroxylation is 1. The molecular weight excluding hydrogens is 522 g/mol. The predicted molar refractivity (Wildman–Crippen MR) is 158 cm³/mol. The first-order valence-electron chi connectivity index (χ1n) is 13.8. The van der Waals surface area contributed by atoms with Gasteiger partial charge >= 0.3 is 6.03 Å². The smallest absolute Gasteiger partial charge is 0.323 e. The van der Waals surface area contributed by atoms with Gasteiger partial charge in [-0.1, -0.05) is 50.8 Å². The molecule has 2 aromatic carbocycles. The number of benzene rings is 2. The van der Waals surface area contributed by atoms with Gasteiger partial charge in [-0.2, -0.15) is 0 Å². The zero-order chi connectivity index (χ0) is 30.4. The highest BCUT2D eigenvalue weighted by atomic mass is 16.5. The maximum Gasteiger partial charge on any atom is 0.323 e. The van der Waals surface area contributed by atoms with Gasteiger partial charge in [0.1, 0.15) is 5.75 Å². The van der Waals surface area contributed by atoms with E-state index in [0.29, 0.717) is 19.6 Å². The molecule has 4 N–H and O–H groups in total. The fraction of sp³-hybridized carbons (Fsp3) is 0.419. The molecule has 1 saturated heterocycles. The van der Waals surface area contributed by atoms with Crippen LogP contribution in [0.25, 0.3) is 0 Å². The van der Waals surface area contributed by atoms with Crippen LogP contribution in [0.3, 0.4) is 0 Å². The summed E-state index contributed by atoms with van der Waals surface area (Å²) in [6.45, 7) is 9.58. The van der Waals surface area contributed by atoms with E-state index in [9.17, 15) is 19.2 Å². The maximum atomic E-state index is 11.7. The molecule has 2 aliphatic rings. The van der Waals surface area contributed by atoms with E-state index in [0.717, 1.165) is 47.4 Å². The molecule has 0 aromatic heterocycles. The summed E-state index contributed by atoms with van der Waals surface area (Å²) in [6, 6.07) is 12.7. The van der Waals surface area contributed by atoms with Crippen molar-refractivity contribution in [1.29, 1.82) is 0 Å². The van der Waals surface area contributed by atoms with Gasteiger partial charge < -0.3 is 25.6 Å². The lowest BCUT2D eigenvalue weighted by Crippen LogP contribution is -2.42. The third-order valence-electron chi connectivity index (χ3n) is 6.29. The van der Waals surface area contributed by atoms with Crippen molar-refractivity contribution in [3.8, 4) is 17.6 Å². The molecular formula is C31H41N5O5. The summed E-state index contributed by atoms with van der Waals surface area (Å²) in [5, 5.41) is 10.5. The number of rotatable bonds is 8. The van der Waals surface area contributed by atoms with Crippen LogP contribution in [-0.4, -0.2) is 61.6 Å². The average molecular weight is 564 g/mol. The van der Waals surface area contributed by atoms with E-state index < -0.39 is 17.5 Å². The van der Waals surface area contributed by atoms with E-state index in [2.05, 4.69) is 33.1 Å². The summed E-state index contributed by atoms with van der Waals surface area (Å²) in [6.07, 6.45) is 2.06. The SMILES string of the molecule is CC.CCNCNC(=O)CCCc1ccc(C#CC2(C)NC(=O)NC2=O)cc1.COc1ccc2c(c1)C(=O)N(C)C2. The molecule has 0 bridgehead atoms. The van der Waals surface area contributed by atoms with Crippen LogP contribution in [0.4, 0.5) is 4.79 Å². The Balaban J connectivity index is 0.000000326. The number of nitrogens with one attached hydrogen (secondary N) is 4. The molecule has 2 heterocycles. The van der Waals surface area contributed by atoms with E-state index >= 15 is 0 Å². The first kappa shape index (κ1) is 32.8. The van der Waals surface area contributed by atoms with Gasteiger partial charge in [-0.25, -0.2) is 4.79 Å². The highest BCUT2D eigenvalue weighted by Crippen LogP contribution is 2.25. The second-order valence-corrected chi connectivity index (χ2v) is 9.40. The fourth-order valence-corrected chi connectivity index (χ4v) is 3.96. The number of hydrogen-bond donors (Lipinski definition) is 4. The third kappa shape index (κ3) is 9.65. The van der Waals surface area contributed by atoms with E-state index in [-0.39, 0.29) is 11.8 Å². The lowest BCUT2D eigenvalue weighted by molar-refractivity contribution is -0.122. The number of carbonyl (C=O) groups is 4. The zero-order valence-electron chi connectivity index (χ0n) is 24.8. The molecule has 4 rings (SSSR count). The van der Waals surface area contributed by atoms with Crippen LogP contribution in [0.1, 0.15) is 67.6 Å². The Labute approximate surface area is 242 Å². The number of hydrogen-bond acceptors (Lipinski definition) is 6. The molecule has 0 aliphatic carbocycles. The Morgan fingerprint density at radius 1 is 1.12 bits per heavy atom. The van der Waals surface area contributed by atoms with Crippen molar-refractivity contribution in [3.63, 3.8) is 0 Å². The van der Waals surface area contributed by atoms with Crippen LogP contribution in [0.5, 0.6) is 5.75 Å². The Morgan fingerprint density at radius 3 is 2.44 bits per heavy atom. The Hall–Kier alpha value is -4.36. The second kappa shape index (κ2) is 16.0. The van der Waals surface area contributed by atoms with E-state index in [4.69, 9.17) is 4.74 Å². The minimum absolute atomic E-state index is 0.0403. The largest absolute Gasteiger partial charge is 0.497 e. The van der Waals surface area contributed by atoms with Gasteiger partial charge in [-0.05, 0) is 61.7 Å². The van der Waals surface area contributed by atoms with Crippen LogP contribution in [0.15, 0.2) is 42.5 Å². The van der Waals surface area contributed by atoms with Crippen molar-refractivity contribution in [2.75, 3.05) is 27.4 Å². The molecule has 5 amide bonds. The summed E-state index contributed by atoms with van der Waals surface area (Å²) in [4.78, 5) is 47.8. The number of fused-ring (bicyclic) bond motifs is 1. The van der Waals surface area contributed by atoms with Gasteiger partial charge in [0.15, 0.2) is 5.54 Å². The lowest BCUT2D eigenvalue weighted by atomic mass is 10.0. The molecule has 10 heteroatoms. The van der Waals surface area contributed by atoms with Gasteiger partial charge in [-0.3, -0.25) is 19.7 Å². The van der Waals surface area contributed by atoms with Crippen molar-refractivity contribution < 1.29 is 23.9 Å². The quantitative estimate of drug-likeness (QED) is 0.169. The Morgan fingerprint density at radius 2 is 1.83 bits per heavy atom. The molecule has 10 nitrogen and oxygen atoms in total. The summed E-state index contributed by atoms with van der Waals surface area (Å²) in [7, 11) is 3.40. The van der Waals surface area contributed by atoms with Crippen molar-refractivity contribution >= 4 is 23.8 Å². The molecule has 0 saturated carbocycles. The third-order valence-corrected chi connectivity index (χ3v) is 6.29. The number of amides is 5. The molecule has 2 aromatic rings. The van der Waals surface area contributed by atoms with E-state index in [1.807, 2.05) is 57.2 Å². The standard InChI is InChI=1S/C19H24N4O3.C10H11NO2.C2H6/c1-3-20-13-21-16(24)6-4-5-14-7-9-15(10-8-14)11-12-19(2)17(25)22-18(26)23-19;1-11-6-7-3-4-8(13-2)5-9(7)10(11)12;1-2/h7-10,20H,3-6,13H2,1-2H3,(H,21,24)(H2,22,23,25,26);3-5H,6H2,1-2H3;1-2H3. The number of nitrogens with zero attached hydrogens (tertiary/aromatic N) is 1. The topological polar surface area (TPSA) is 129 Å². The van der Waals surface area contributed by atoms with Gasteiger partial charge in [-0.15, -0.1) is 0 Å². The summed E-state index contributed by atoms with van der Waals surface area (Å²) in [5.74, 6) is 6.13. The molecule has 220 valence electrons. The summed E-state index contributed by atoms with van der Waals surface area (Å²) in [5.41, 5.74) is 2.52. The Bertz CT molecular complexity index is 1280. The van der Waals surface area contributed by atoms with Crippen LogP contribution in [0.2, 0.25) is 0 Å². The van der Waals surface area contributed by atoms with Gasteiger partial charge in [0.05, 0.1) is 13.8 Å². The van der Waals surface area contributed by atoms with Crippen molar-refractivity contribution in [1.82, 2.24) is 26.2 Å². The molecule has 1 unspecified atom stereocenters. The van der Waals surface area contributed by atoms with Crippen LogP contribution >= 0.6 is 0 Å². The van der Waals surface area contributed by atoms with Crippen molar-refractivity contribution in [2.24, 2.45) is 0 Å². The van der Waals surface area contributed by atoms with Gasteiger partial charge in [0, 0.05) is 31.1 Å². The van der Waals surface area contributed by atoms with Crippen LogP contribution < -0.4 is 26.0 Å². The molecule has 0 spiro atoms. The molecule has 1 atom stereocenters. The van der Waals surface area contributed by atoms with Crippen LogP contribution in [0, 0.1) is 11.8 Å². The highest BCUT2D eigenvalue weighted by molar-refractivity contribution is 6.08. The first-order valence-corrected chi connectivity index (χ1v) is 13.8. The highest BCUT2D eigenvalue weighted by Gasteiger charge is 2.40. The maximum absolute atomic E-state index is 11.7. The zero-order valence-corrected chi connectivity index (χ0v) is 24.8. The van der Waals surface area contributed by atoms with E-state index in [1.54, 1.807) is 32.0 Å². The van der Waals surface area contributed by atoms with Crippen LogP contribution in [-0.2, 0) is 22.6 Å². The number of urea groups is 1. The fourth-order valence-electron chi connectivity index (χ4n) is 3.96. The molecule has 41 heavy (non-hydrogen) atoms. The number of ether oxygens (including phenoxy) is 1. The average Bonchev–Trinajstić information content (AvgIpc) is 3.41. The summed E-state index contributed by atoms with van der Waals surface area (Å²) < 4.78 is 5.05.